The van der Waals surface area contributed by atoms with E-state index in [1.54, 1.807) is 29.8 Å². The number of hydrogen-bond acceptors (Lipinski definition) is 5. The second kappa shape index (κ2) is 6.68. The number of ketones is 1. The van der Waals surface area contributed by atoms with Crippen LogP contribution >= 0.6 is 11.3 Å². The number of nitrogens with zero attached hydrogens (tertiary/aromatic N) is 3. The Hall–Kier alpha value is -2.34. The summed E-state index contributed by atoms with van der Waals surface area (Å²) < 4.78 is 13.1. The molecule has 3 aromatic rings. The second-order valence-electron chi connectivity index (χ2n) is 7.37. The van der Waals surface area contributed by atoms with Gasteiger partial charge >= 0.3 is 0 Å². The van der Waals surface area contributed by atoms with Gasteiger partial charge in [-0.25, -0.2) is 14.4 Å². The van der Waals surface area contributed by atoms with Crippen LogP contribution < -0.4 is 4.90 Å². The molecular formula is C21H20FN3OS. The number of piperidine rings is 1. The molecule has 1 saturated heterocycles. The molecule has 0 saturated carbocycles. The zero-order valence-electron chi connectivity index (χ0n) is 14.9. The van der Waals surface area contributed by atoms with E-state index in [1.165, 1.54) is 34.4 Å². The van der Waals surface area contributed by atoms with Crippen molar-refractivity contribution in [2.45, 2.75) is 32.1 Å². The summed E-state index contributed by atoms with van der Waals surface area (Å²) in [6.07, 6.45) is 6.76. The average molecular weight is 381 g/mol. The Morgan fingerprint density at radius 3 is 2.67 bits per heavy atom. The maximum absolute atomic E-state index is 13.1. The molecule has 2 aliphatic rings. The van der Waals surface area contributed by atoms with Gasteiger partial charge in [-0.1, -0.05) is 0 Å². The molecule has 0 amide bonds. The number of carbonyl (C=O) groups is 1. The lowest BCUT2D eigenvalue weighted by Gasteiger charge is -2.32. The molecule has 4 nitrogen and oxygen atoms in total. The van der Waals surface area contributed by atoms with Crippen molar-refractivity contribution in [3.05, 3.63) is 52.4 Å². The standard InChI is InChI=1S/C21H20FN3OS/c22-15-6-4-13(5-7-15)19(26)14-8-10-25(11-9-14)20-18-16-2-1-3-17(16)27-21(18)24-12-23-20/h4-7,12,14H,1-3,8-11H2. The van der Waals surface area contributed by atoms with Crippen molar-refractivity contribution in [1.29, 1.82) is 0 Å². The lowest BCUT2D eigenvalue weighted by molar-refractivity contribution is 0.0900. The normalized spacial score (nSPS) is 17.4. The summed E-state index contributed by atoms with van der Waals surface area (Å²) in [5.41, 5.74) is 2.05. The fourth-order valence-corrected chi connectivity index (χ4v) is 5.58. The average Bonchev–Trinajstić information content (AvgIpc) is 3.29. The predicted molar refractivity (Wildman–Crippen MR) is 105 cm³/mol. The quantitative estimate of drug-likeness (QED) is 0.630. The molecule has 6 heteroatoms. The Morgan fingerprint density at radius 1 is 1.11 bits per heavy atom. The van der Waals surface area contributed by atoms with Gasteiger partial charge in [-0.2, -0.15) is 0 Å². The van der Waals surface area contributed by atoms with E-state index < -0.39 is 0 Å². The van der Waals surface area contributed by atoms with Crippen LogP contribution in [0.2, 0.25) is 0 Å². The van der Waals surface area contributed by atoms with Crippen LogP contribution in [-0.4, -0.2) is 28.8 Å². The van der Waals surface area contributed by atoms with Crippen molar-refractivity contribution in [1.82, 2.24) is 9.97 Å². The SMILES string of the molecule is O=C(c1ccc(F)cc1)C1CCN(c2ncnc3sc4c(c23)CCC4)CC1. The highest BCUT2D eigenvalue weighted by Gasteiger charge is 2.29. The van der Waals surface area contributed by atoms with E-state index >= 15 is 0 Å². The van der Waals surface area contributed by atoms with Gasteiger partial charge in [0.25, 0.3) is 0 Å². The molecular weight excluding hydrogens is 361 g/mol. The van der Waals surface area contributed by atoms with E-state index in [9.17, 15) is 9.18 Å². The van der Waals surface area contributed by atoms with E-state index in [0.717, 1.165) is 49.4 Å². The predicted octanol–water partition coefficient (Wildman–Crippen LogP) is 4.42. The first kappa shape index (κ1) is 16.8. The third kappa shape index (κ3) is 2.92. The maximum Gasteiger partial charge on any atom is 0.166 e. The molecule has 0 spiro atoms. The molecule has 27 heavy (non-hydrogen) atoms. The van der Waals surface area contributed by atoms with E-state index in [4.69, 9.17) is 0 Å². The summed E-state index contributed by atoms with van der Waals surface area (Å²) in [5.74, 6) is 0.848. The van der Waals surface area contributed by atoms with Gasteiger partial charge in [0.2, 0.25) is 0 Å². The number of thiophene rings is 1. The molecule has 1 aliphatic heterocycles. The second-order valence-corrected chi connectivity index (χ2v) is 8.45. The topological polar surface area (TPSA) is 46.1 Å². The lowest BCUT2D eigenvalue weighted by Crippen LogP contribution is -2.37. The highest BCUT2D eigenvalue weighted by molar-refractivity contribution is 7.19. The van der Waals surface area contributed by atoms with Crippen LogP contribution in [-0.2, 0) is 12.8 Å². The summed E-state index contributed by atoms with van der Waals surface area (Å²) in [7, 11) is 0. The van der Waals surface area contributed by atoms with Gasteiger partial charge in [-0.3, -0.25) is 4.79 Å². The number of carbonyl (C=O) groups excluding carboxylic acids is 1. The van der Waals surface area contributed by atoms with E-state index in [1.807, 2.05) is 0 Å². The lowest BCUT2D eigenvalue weighted by atomic mass is 9.89. The van der Waals surface area contributed by atoms with E-state index in [2.05, 4.69) is 14.9 Å². The van der Waals surface area contributed by atoms with E-state index in [-0.39, 0.29) is 17.5 Å². The monoisotopic (exact) mass is 381 g/mol. The number of Topliss-reactive ketones (excluding diaryl/α,β-unsaturated/α-hetero) is 1. The van der Waals surface area contributed by atoms with Crippen molar-refractivity contribution >= 4 is 33.2 Å². The number of benzene rings is 1. The minimum atomic E-state index is -0.308. The van der Waals surface area contributed by atoms with Crippen molar-refractivity contribution in [3.8, 4) is 0 Å². The van der Waals surface area contributed by atoms with E-state index in [0.29, 0.717) is 5.56 Å². The van der Waals surface area contributed by atoms with Crippen LogP contribution in [0.1, 0.15) is 40.1 Å². The van der Waals surface area contributed by atoms with Crippen molar-refractivity contribution in [2.75, 3.05) is 18.0 Å². The minimum absolute atomic E-state index is 0.00257. The molecule has 0 radical (unpaired) electrons. The van der Waals surface area contributed by atoms with Crippen molar-refractivity contribution in [3.63, 3.8) is 0 Å². The van der Waals surface area contributed by atoms with Gasteiger partial charge in [0.05, 0.1) is 5.39 Å². The molecule has 138 valence electrons. The van der Waals surface area contributed by atoms with Gasteiger partial charge in [-0.05, 0) is 61.9 Å². The number of fused-ring (bicyclic) bond motifs is 3. The first-order valence-electron chi connectivity index (χ1n) is 9.50. The number of anilines is 1. The number of rotatable bonds is 3. The highest BCUT2D eigenvalue weighted by Crippen LogP contribution is 2.40. The van der Waals surface area contributed by atoms with Gasteiger partial charge in [-0.15, -0.1) is 11.3 Å². The molecule has 1 aliphatic carbocycles. The Balaban J connectivity index is 1.36. The number of hydrogen-bond donors (Lipinski definition) is 0. The zero-order valence-corrected chi connectivity index (χ0v) is 15.8. The van der Waals surface area contributed by atoms with Crippen LogP contribution in [0.15, 0.2) is 30.6 Å². The van der Waals surface area contributed by atoms with Crippen LogP contribution in [0, 0.1) is 11.7 Å². The molecule has 5 rings (SSSR count). The number of aryl methyl sites for hydroxylation is 2. The Kier molecular flexibility index (Phi) is 4.16. The van der Waals surface area contributed by atoms with Gasteiger partial charge in [0, 0.05) is 29.4 Å². The summed E-state index contributed by atoms with van der Waals surface area (Å²) in [4.78, 5) is 26.7. The fourth-order valence-electron chi connectivity index (χ4n) is 4.36. The van der Waals surface area contributed by atoms with Crippen LogP contribution in [0.3, 0.4) is 0 Å². The first-order valence-corrected chi connectivity index (χ1v) is 10.3. The summed E-state index contributed by atoms with van der Waals surface area (Å²) in [5, 5.41) is 1.23. The van der Waals surface area contributed by atoms with Gasteiger partial charge in [0.1, 0.15) is 22.8 Å². The van der Waals surface area contributed by atoms with Crippen LogP contribution in [0.5, 0.6) is 0 Å². The smallest absolute Gasteiger partial charge is 0.166 e. The van der Waals surface area contributed by atoms with Gasteiger partial charge < -0.3 is 4.90 Å². The molecule has 1 aromatic carbocycles. The molecule has 2 aromatic heterocycles. The summed E-state index contributed by atoms with van der Waals surface area (Å²) in [6.45, 7) is 1.63. The Morgan fingerprint density at radius 2 is 1.89 bits per heavy atom. The van der Waals surface area contributed by atoms with Crippen molar-refractivity contribution in [2.24, 2.45) is 5.92 Å². The van der Waals surface area contributed by atoms with Crippen LogP contribution in [0.25, 0.3) is 10.2 Å². The number of halogens is 1. The largest absolute Gasteiger partial charge is 0.356 e. The maximum atomic E-state index is 13.1. The molecule has 0 bridgehead atoms. The van der Waals surface area contributed by atoms with Crippen molar-refractivity contribution < 1.29 is 9.18 Å². The highest BCUT2D eigenvalue weighted by atomic mass is 32.1. The first-order chi connectivity index (χ1) is 13.2. The molecule has 0 atom stereocenters. The molecule has 3 heterocycles. The Labute approximate surface area is 161 Å². The minimum Gasteiger partial charge on any atom is -0.356 e. The molecule has 0 unspecified atom stereocenters. The Bertz CT molecular complexity index is 1010. The van der Waals surface area contributed by atoms with Crippen LogP contribution in [0.4, 0.5) is 10.2 Å². The number of aromatic nitrogens is 2. The molecule has 1 fully saturated rings. The summed E-state index contributed by atoms with van der Waals surface area (Å²) >= 11 is 1.81. The fraction of sp³-hybridized carbons (Fsp3) is 0.381. The zero-order chi connectivity index (χ0) is 18.4. The third-order valence-electron chi connectivity index (χ3n) is 5.78. The summed E-state index contributed by atoms with van der Waals surface area (Å²) in [6, 6.07) is 5.90. The van der Waals surface area contributed by atoms with Gasteiger partial charge in [0.15, 0.2) is 5.78 Å². The molecule has 0 N–H and O–H groups in total. The third-order valence-corrected chi connectivity index (χ3v) is 6.98.